The van der Waals surface area contributed by atoms with Crippen molar-refractivity contribution in [1.82, 2.24) is 4.90 Å². The maximum absolute atomic E-state index is 12.1. The van der Waals surface area contributed by atoms with Crippen LogP contribution in [0.1, 0.15) is 53.9 Å². The van der Waals surface area contributed by atoms with E-state index >= 15 is 0 Å². The van der Waals surface area contributed by atoms with Gasteiger partial charge in [0.1, 0.15) is 0 Å². The van der Waals surface area contributed by atoms with Crippen LogP contribution in [0.5, 0.6) is 0 Å². The smallest absolute Gasteiger partial charge is 0.303 e. The van der Waals surface area contributed by atoms with Crippen LogP contribution in [-0.2, 0) is 9.59 Å². The molecule has 0 radical (unpaired) electrons. The molecule has 1 unspecified atom stereocenters. The van der Waals surface area contributed by atoms with Gasteiger partial charge in [-0.1, -0.05) is 27.7 Å². The van der Waals surface area contributed by atoms with E-state index in [4.69, 9.17) is 5.11 Å². The zero-order valence-electron chi connectivity index (χ0n) is 12.5. The zero-order chi connectivity index (χ0) is 14.5. The van der Waals surface area contributed by atoms with Crippen molar-refractivity contribution >= 4 is 11.9 Å². The van der Waals surface area contributed by atoms with Crippen LogP contribution < -0.4 is 0 Å². The van der Waals surface area contributed by atoms with E-state index in [9.17, 15) is 9.59 Å². The number of nitrogens with zero attached hydrogens (tertiary/aromatic N) is 1. The summed E-state index contributed by atoms with van der Waals surface area (Å²) in [5, 5.41) is 8.80. The van der Waals surface area contributed by atoms with Crippen molar-refractivity contribution in [2.45, 2.75) is 59.9 Å². The van der Waals surface area contributed by atoms with Crippen molar-refractivity contribution in [3.05, 3.63) is 0 Å². The zero-order valence-corrected chi connectivity index (χ0v) is 12.5. The second-order valence-corrected chi connectivity index (χ2v) is 6.39. The molecule has 0 aliphatic rings. The van der Waals surface area contributed by atoms with Crippen LogP contribution in [0.2, 0.25) is 0 Å². The number of hydrogen-bond donors (Lipinski definition) is 1. The number of hydrogen-bond acceptors (Lipinski definition) is 2. The maximum atomic E-state index is 12.1. The summed E-state index contributed by atoms with van der Waals surface area (Å²) in [6.07, 6.45) is 1.25. The minimum Gasteiger partial charge on any atom is -0.481 e. The highest BCUT2D eigenvalue weighted by Gasteiger charge is 2.28. The van der Waals surface area contributed by atoms with Gasteiger partial charge >= 0.3 is 5.97 Å². The van der Waals surface area contributed by atoms with Gasteiger partial charge in [-0.05, 0) is 24.7 Å². The van der Waals surface area contributed by atoms with E-state index in [0.29, 0.717) is 5.92 Å². The third-order valence-electron chi connectivity index (χ3n) is 3.13. The third kappa shape index (κ3) is 6.62. The largest absolute Gasteiger partial charge is 0.481 e. The number of aliphatic carboxylic acids is 1. The van der Waals surface area contributed by atoms with Crippen LogP contribution in [0, 0.1) is 11.3 Å². The van der Waals surface area contributed by atoms with Gasteiger partial charge in [0.25, 0.3) is 0 Å². The van der Waals surface area contributed by atoms with Gasteiger partial charge in [0.05, 0.1) is 6.42 Å². The standard InChI is InChI=1S/C14H27NO3/c1-10(2)7-11(3)15(6)12(16)8-14(4,5)9-13(17)18/h10-11H,7-9H2,1-6H3,(H,17,18). The molecule has 0 aliphatic heterocycles. The molecule has 0 saturated carbocycles. The molecule has 4 heteroatoms. The van der Waals surface area contributed by atoms with E-state index in [1.807, 2.05) is 20.8 Å². The van der Waals surface area contributed by atoms with Crippen LogP contribution in [0.3, 0.4) is 0 Å². The Balaban J connectivity index is 4.43. The number of rotatable bonds is 7. The first-order valence-electron chi connectivity index (χ1n) is 6.52. The van der Waals surface area contributed by atoms with Gasteiger partial charge in [-0.2, -0.15) is 0 Å². The predicted octanol–water partition coefficient (Wildman–Crippen LogP) is 2.77. The highest BCUT2D eigenvalue weighted by atomic mass is 16.4. The Kier molecular flexibility index (Phi) is 6.36. The molecule has 4 nitrogen and oxygen atoms in total. The summed E-state index contributed by atoms with van der Waals surface area (Å²) < 4.78 is 0. The molecule has 0 aromatic heterocycles. The monoisotopic (exact) mass is 257 g/mol. The Morgan fingerprint density at radius 1 is 1.17 bits per heavy atom. The molecule has 0 heterocycles. The summed E-state index contributed by atoms with van der Waals surface area (Å²) in [4.78, 5) is 24.6. The summed E-state index contributed by atoms with van der Waals surface area (Å²) in [6.45, 7) is 9.93. The lowest BCUT2D eigenvalue weighted by atomic mass is 9.85. The average Bonchev–Trinajstić information content (AvgIpc) is 2.11. The second-order valence-electron chi connectivity index (χ2n) is 6.39. The SMILES string of the molecule is CC(C)CC(C)N(C)C(=O)CC(C)(C)CC(=O)O. The van der Waals surface area contributed by atoms with Crippen LogP contribution >= 0.6 is 0 Å². The maximum Gasteiger partial charge on any atom is 0.303 e. The summed E-state index contributed by atoms with van der Waals surface area (Å²) in [5.74, 6) is -0.289. The fraction of sp³-hybridized carbons (Fsp3) is 0.857. The third-order valence-corrected chi connectivity index (χ3v) is 3.13. The molecule has 0 aliphatic carbocycles. The highest BCUT2D eigenvalue weighted by Crippen LogP contribution is 2.26. The van der Waals surface area contributed by atoms with Gasteiger partial charge in [0.2, 0.25) is 5.91 Å². The fourth-order valence-corrected chi connectivity index (χ4v) is 2.09. The molecule has 1 amide bonds. The van der Waals surface area contributed by atoms with E-state index in [1.165, 1.54) is 0 Å². The van der Waals surface area contributed by atoms with E-state index < -0.39 is 11.4 Å². The molecule has 0 rings (SSSR count). The van der Waals surface area contributed by atoms with Crippen LogP contribution in [0.25, 0.3) is 0 Å². The van der Waals surface area contributed by atoms with Crippen LogP contribution in [0.4, 0.5) is 0 Å². The van der Waals surface area contributed by atoms with Gasteiger partial charge in [0.15, 0.2) is 0 Å². The molecule has 0 spiro atoms. The Labute approximate surface area is 110 Å². The lowest BCUT2D eigenvalue weighted by molar-refractivity contribution is -0.140. The van der Waals surface area contributed by atoms with Crippen molar-refractivity contribution in [3.63, 3.8) is 0 Å². The number of carbonyl (C=O) groups excluding carboxylic acids is 1. The first-order valence-corrected chi connectivity index (χ1v) is 6.52. The molecular formula is C14H27NO3. The molecule has 0 aromatic carbocycles. The van der Waals surface area contributed by atoms with E-state index in [2.05, 4.69) is 13.8 Å². The Morgan fingerprint density at radius 2 is 1.67 bits per heavy atom. The Bertz CT molecular complexity index is 297. The molecule has 0 saturated heterocycles. The van der Waals surface area contributed by atoms with E-state index in [-0.39, 0.29) is 24.8 Å². The predicted molar refractivity (Wildman–Crippen MR) is 72.3 cm³/mol. The first kappa shape index (κ1) is 16.9. The lowest BCUT2D eigenvalue weighted by Crippen LogP contribution is -2.38. The van der Waals surface area contributed by atoms with Gasteiger partial charge in [-0.3, -0.25) is 9.59 Å². The topological polar surface area (TPSA) is 57.6 Å². The van der Waals surface area contributed by atoms with E-state index in [0.717, 1.165) is 6.42 Å². The minimum atomic E-state index is -0.856. The molecule has 0 aromatic rings. The van der Waals surface area contributed by atoms with Gasteiger partial charge < -0.3 is 10.0 Å². The molecular weight excluding hydrogens is 230 g/mol. The molecule has 1 atom stereocenters. The number of carboxylic acids is 1. The van der Waals surface area contributed by atoms with Crippen molar-refractivity contribution in [3.8, 4) is 0 Å². The highest BCUT2D eigenvalue weighted by molar-refractivity contribution is 5.78. The summed E-state index contributed by atoms with van der Waals surface area (Å²) in [7, 11) is 1.80. The molecule has 0 bridgehead atoms. The van der Waals surface area contributed by atoms with Crippen molar-refractivity contribution in [2.75, 3.05) is 7.05 Å². The molecule has 1 N–H and O–H groups in total. The number of carbonyl (C=O) groups is 2. The summed E-state index contributed by atoms with van der Waals surface area (Å²) in [6, 6.07) is 0.193. The van der Waals surface area contributed by atoms with E-state index in [1.54, 1.807) is 11.9 Å². The van der Waals surface area contributed by atoms with Crippen LogP contribution in [-0.4, -0.2) is 35.0 Å². The number of carboxylic acid groups (broad SMARTS) is 1. The molecule has 0 fully saturated rings. The summed E-state index contributed by atoms with van der Waals surface area (Å²) in [5.41, 5.74) is -0.491. The second kappa shape index (κ2) is 6.76. The average molecular weight is 257 g/mol. The van der Waals surface area contributed by atoms with Crippen molar-refractivity contribution in [2.24, 2.45) is 11.3 Å². The summed E-state index contributed by atoms with van der Waals surface area (Å²) >= 11 is 0. The first-order chi connectivity index (χ1) is 8.05. The van der Waals surface area contributed by atoms with Gasteiger partial charge in [-0.15, -0.1) is 0 Å². The Hall–Kier alpha value is -1.06. The molecule has 18 heavy (non-hydrogen) atoms. The molecule has 106 valence electrons. The quantitative estimate of drug-likeness (QED) is 0.763. The van der Waals surface area contributed by atoms with Gasteiger partial charge in [-0.25, -0.2) is 0 Å². The van der Waals surface area contributed by atoms with Crippen LogP contribution in [0.15, 0.2) is 0 Å². The number of amides is 1. The fourth-order valence-electron chi connectivity index (χ4n) is 2.09. The van der Waals surface area contributed by atoms with Gasteiger partial charge in [0, 0.05) is 19.5 Å². The lowest BCUT2D eigenvalue weighted by Gasteiger charge is -2.30. The normalized spacial score (nSPS) is 13.5. The van der Waals surface area contributed by atoms with Crippen molar-refractivity contribution < 1.29 is 14.7 Å². The Morgan fingerprint density at radius 3 is 2.06 bits per heavy atom. The van der Waals surface area contributed by atoms with Crippen molar-refractivity contribution in [1.29, 1.82) is 0 Å². The minimum absolute atomic E-state index is 0.0190.